The molecule has 27 heavy (non-hydrogen) atoms. The number of unbranched alkanes of at least 4 members (excludes halogenated alkanes) is 10. The first-order valence-electron chi connectivity index (χ1n) is 11.4. The Kier molecular flexibility index (Phi) is 17.6. The Morgan fingerprint density at radius 1 is 0.778 bits per heavy atom. The molecule has 0 amide bonds. The summed E-state index contributed by atoms with van der Waals surface area (Å²) in [5.41, 5.74) is 0. The third-order valence-corrected chi connectivity index (χ3v) is 5.50. The molecule has 0 fully saturated rings. The van der Waals surface area contributed by atoms with Crippen molar-refractivity contribution in [1.82, 2.24) is 0 Å². The molecule has 0 N–H and O–H groups in total. The average molecular weight is 384 g/mol. The van der Waals surface area contributed by atoms with E-state index >= 15 is 0 Å². The highest BCUT2D eigenvalue weighted by molar-refractivity contribution is 5.72. The maximum absolute atomic E-state index is 12.1. The van der Waals surface area contributed by atoms with Crippen molar-refractivity contribution in [3.05, 3.63) is 0 Å². The third kappa shape index (κ3) is 15.7. The van der Waals surface area contributed by atoms with Crippen LogP contribution in [0, 0.1) is 11.8 Å². The van der Waals surface area contributed by atoms with Gasteiger partial charge in [0.05, 0.1) is 12.5 Å². The van der Waals surface area contributed by atoms with Crippen molar-refractivity contribution in [2.45, 2.75) is 117 Å². The molecule has 0 heterocycles. The first kappa shape index (κ1) is 25.9. The predicted molar refractivity (Wildman–Crippen MR) is 109 cm³/mol. The van der Waals surface area contributed by atoms with Gasteiger partial charge in [-0.25, -0.2) is 0 Å². The lowest BCUT2D eigenvalue weighted by Crippen LogP contribution is -2.23. The molecule has 0 saturated carbocycles. The molecule has 0 radical (unpaired) electrons. The van der Waals surface area contributed by atoms with Crippen LogP contribution in [0.15, 0.2) is 0 Å². The number of hydrogen-bond donors (Lipinski definition) is 0. The van der Waals surface area contributed by atoms with Crippen LogP contribution >= 0.6 is 0 Å². The highest BCUT2D eigenvalue weighted by Gasteiger charge is 2.24. The number of carbonyl (C=O) groups excluding carboxylic acids is 2. The Morgan fingerprint density at radius 2 is 1.26 bits per heavy atom. The van der Waals surface area contributed by atoms with E-state index in [9.17, 15) is 14.7 Å². The lowest BCUT2D eigenvalue weighted by Gasteiger charge is -2.22. The fourth-order valence-corrected chi connectivity index (χ4v) is 3.68. The average Bonchev–Trinajstić information content (AvgIpc) is 2.64. The predicted octanol–water partition coefficient (Wildman–Crippen LogP) is 5.42. The highest BCUT2D eigenvalue weighted by Crippen LogP contribution is 2.27. The van der Waals surface area contributed by atoms with Crippen molar-refractivity contribution < 1.29 is 19.4 Å². The molecule has 0 aliphatic heterocycles. The summed E-state index contributed by atoms with van der Waals surface area (Å²) in [6, 6.07) is 0. The number of esters is 1. The molecule has 0 rings (SSSR count). The number of rotatable bonds is 19. The zero-order chi connectivity index (χ0) is 20.3. The molecule has 0 spiro atoms. The van der Waals surface area contributed by atoms with Gasteiger partial charge in [-0.1, -0.05) is 84.5 Å². The maximum Gasteiger partial charge on any atom is 0.308 e. The van der Waals surface area contributed by atoms with Gasteiger partial charge in [-0.2, -0.15) is 0 Å². The Labute approximate surface area is 167 Å². The van der Waals surface area contributed by atoms with Gasteiger partial charge in [0.2, 0.25) is 0 Å². The van der Waals surface area contributed by atoms with Crippen molar-refractivity contribution in [3.8, 4) is 0 Å². The molecule has 4 nitrogen and oxygen atoms in total. The van der Waals surface area contributed by atoms with Gasteiger partial charge >= 0.3 is 5.97 Å². The maximum atomic E-state index is 12.1. The molecule has 4 heteroatoms. The van der Waals surface area contributed by atoms with Crippen LogP contribution in [-0.2, 0) is 14.3 Å². The minimum atomic E-state index is -0.944. The van der Waals surface area contributed by atoms with Gasteiger partial charge in [-0.3, -0.25) is 4.79 Å². The SMILES string of the molecule is CCCCCCCCC(CCCCCCCCC(=O)[O-])C(C)C(=O)OCC. The molecule has 0 aliphatic carbocycles. The van der Waals surface area contributed by atoms with E-state index in [1.54, 1.807) is 0 Å². The Bertz CT molecular complexity index is 367. The Morgan fingerprint density at radius 3 is 1.74 bits per heavy atom. The standard InChI is InChI=1S/C23H44O4/c1-4-6-7-8-11-14-17-21(20(3)23(26)27-5-2)18-15-12-9-10-13-16-19-22(24)25/h20-21H,4-19H2,1-3H3,(H,24,25)/p-1. The van der Waals surface area contributed by atoms with Gasteiger partial charge < -0.3 is 14.6 Å². The summed E-state index contributed by atoms with van der Waals surface area (Å²) in [5, 5.41) is 10.4. The summed E-state index contributed by atoms with van der Waals surface area (Å²) in [7, 11) is 0. The zero-order valence-electron chi connectivity index (χ0n) is 18.1. The van der Waals surface area contributed by atoms with Crippen LogP contribution in [-0.4, -0.2) is 18.5 Å². The number of carboxylic acids is 1. The lowest BCUT2D eigenvalue weighted by atomic mass is 9.84. The summed E-state index contributed by atoms with van der Waals surface area (Å²) in [4.78, 5) is 22.5. The van der Waals surface area contributed by atoms with Crippen molar-refractivity contribution in [3.63, 3.8) is 0 Å². The first-order chi connectivity index (χ1) is 13.0. The molecule has 0 bridgehead atoms. The van der Waals surface area contributed by atoms with Crippen molar-refractivity contribution in [1.29, 1.82) is 0 Å². The van der Waals surface area contributed by atoms with Crippen LogP contribution in [0.4, 0.5) is 0 Å². The molecule has 2 unspecified atom stereocenters. The van der Waals surface area contributed by atoms with Crippen LogP contribution < -0.4 is 5.11 Å². The quantitative estimate of drug-likeness (QED) is 0.220. The number of carboxylic acid groups (broad SMARTS) is 1. The summed E-state index contributed by atoms with van der Waals surface area (Å²) < 4.78 is 5.24. The van der Waals surface area contributed by atoms with E-state index in [0.29, 0.717) is 12.5 Å². The molecule has 0 saturated heterocycles. The van der Waals surface area contributed by atoms with Crippen LogP contribution in [0.1, 0.15) is 117 Å². The van der Waals surface area contributed by atoms with Crippen LogP contribution in [0.2, 0.25) is 0 Å². The van der Waals surface area contributed by atoms with E-state index < -0.39 is 5.97 Å². The summed E-state index contributed by atoms with van der Waals surface area (Å²) in [6.45, 7) is 6.59. The van der Waals surface area contributed by atoms with Crippen molar-refractivity contribution in [2.24, 2.45) is 11.8 Å². The van der Waals surface area contributed by atoms with Gasteiger partial charge in [-0.15, -0.1) is 0 Å². The number of carbonyl (C=O) groups is 2. The van der Waals surface area contributed by atoms with Crippen LogP contribution in [0.3, 0.4) is 0 Å². The molecule has 0 aliphatic rings. The molecule has 0 aromatic rings. The van der Waals surface area contributed by atoms with E-state index in [0.717, 1.165) is 51.4 Å². The zero-order valence-corrected chi connectivity index (χ0v) is 18.1. The molecular formula is C23H43O4-. The summed E-state index contributed by atoms with van der Waals surface area (Å²) in [5.74, 6) is -0.576. The highest BCUT2D eigenvalue weighted by atomic mass is 16.5. The number of ether oxygens (including phenoxy) is 1. The second-order valence-electron chi connectivity index (χ2n) is 7.89. The van der Waals surface area contributed by atoms with E-state index in [4.69, 9.17) is 4.74 Å². The fourth-order valence-electron chi connectivity index (χ4n) is 3.68. The number of hydrogen-bond acceptors (Lipinski definition) is 4. The normalized spacial score (nSPS) is 13.3. The minimum absolute atomic E-state index is 0.0105. The first-order valence-corrected chi connectivity index (χ1v) is 11.4. The minimum Gasteiger partial charge on any atom is -0.550 e. The van der Waals surface area contributed by atoms with Crippen molar-refractivity contribution in [2.75, 3.05) is 6.61 Å². The lowest BCUT2D eigenvalue weighted by molar-refractivity contribution is -0.305. The Hall–Kier alpha value is -1.06. The smallest absolute Gasteiger partial charge is 0.308 e. The van der Waals surface area contributed by atoms with Crippen LogP contribution in [0.5, 0.6) is 0 Å². The third-order valence-electron chi connectivity index (χ3n) is 5.50. The topological polar surface area (TPSA) is 66.4 Å². The molecular weight excluding hydrogens is 340 g/mol. The molecule has 2 atom stereocenters. The molecule has 0 aromatic carbocycles. The van der Waals surface area contributed by atoms with Gasteiger partial charge in [0.25, 0.3) is 0 Å². The van der Waals surface area contributed by atoms with Crippen molar-refractivity contribution >= 4 is 11.9 Å². The molecule has 160 valence electrons. The van der Waals surface area contributed by atoms with Gasteiger partial charge in [0.15, 0.2) is 0 Å². The second-order valence-corrected chi connectivity index (χ2v) is 7.89. The summed E-state index contributed by atoms with van der Waals surface area (Å²) in [6.07, 6.45) is 16.3. The molecule has 0 aromatic heterocycles. The number of aliphatic carboxylic acids is 1. The largest absolute Gasteiger partial charge is 0.550 e. The fraction of sp³-hybridized carbons (Fsp3) is 0.913. The van der Waals surface area contributed by atoms with E-state index in [2.05, 4.69) is 6.92 Å². The summed E-state index contributed by atoms with van der Waals surface area (Å²) >= 11 is 0. The van der Waals surface area contributed by atoms with E-state index in [1.807, 2.05) is 13.8 Å². The van der Waals surface area contributed by atoms with Crippen LogP contribution in [0.25, 0.3) is 0 Å². The van der Waals surface area contributed by atoms with E-state index in [1.165, 1.54) is 38.5 Å². The monoisotopic (exact) mass is 383 g/mol. The van der Waals surface area contributed by atoms with E-state index in [-0.39, 0.29) is 18.3 Å². The Balaban J connectivity index is 4.06. The second kappa shape index (κ2) is 18.3. The van der Waals surface area contributed by atoms with Gasteiger partial charge in [0, 0.05) is 5.97 Å². The van der Waals surface area contributed by atoms with Gasteiger partial charge in [0.1, 0.15) is 0 Å². The van der Waals surface area contributed by atoms with Gasteiger partial charge in [-0.05, 0) is 38.5 Å².